The highest BCUT2D eigenvalue weighted by Crippen LogP contribution is 2.24. The van der Waals surface area contributed by atoms with Crippen molar-refractivity contribution in [1.29, 1.82) is 0 Å². The van der Waals surface area contributed by atoms with Crippen molar-refractivity contribution in [2.75, 3.05) is 7.11 Å². The lowest BCUT2D eigenvalue weighted by atomic mass is 10.2. The Labute approximate surface area is 143 Å². The highest BCUT2D eigenvalue weighted by atomic mass is 32.2. The molecule has 24 heavy (non-hydrogen) atoms. The van der Waals surface area contributed by atoms with E-state index in [9.17, 15) is 9.59 Å². The van der Waals surface area contributed by atoms with E-state index in [4.69, 9.17) is 4.74 Å². The minimum Gasteiger partial charge on any atom is -0.465 e. The number of rotatable bonds is 5. The van der Waals surface area contributed by atoms with Crippen LogP contribution in [0.1, 0.15) is 15.9 Å². The molecular formula is C18H16N2O3S. The van der Waals surface area contributed by atoms with Crippen LogP contribution in [0.3, 0.4) is 0 Å². The van der Waals surface area contributed by atoms with Gasteiger partial charge in [0.2, 0.25) is 0 Å². The third kappa shape index (κ3) is 3.28. The van der Waals surface area contributed by atoms with Gasteiger partial charge in [0.15, 0.2) is 5.56 Å². The number of H-pyrrole nitrogens is 1. The van der Waals surface area contributed by atoms with Gasteiger partial charge in [-0.3, -0.25) is 9.89 Å². The third-order valence-electron chi connectivity index (χ3n) is 3.49. The molecule has 0 aliphatic rings. The second kappa shape index (κ2) is 7.23. The molecule has 1 heterocycles. The fraction of sp³-hybridized carbons (Fsp3) is 0.111. The number of thioether (sulfide) groups is 1. The number of para-hydroxylation sites is 1. The Morgan fingerprint density at radius 3 is 2.33 bits per heavy atom. The largest absolute Gasteiger partial charge is 0.465 e. The number of carbonyl (C=O) groups is 1. The summed E-state index contributed by atoms with van der Waals surface area (Å²) < 4.78 is 6.13. The first-order valence-corrected chi connectivity index (χ1v) is 8.34. The standard InChI is InChI=1S/C18H16N2O3S/c1-23-18(22)15-16(24-12-13-8-4-2-5-9-13)19-20(17(15)21)14-10-6-3-7-11-14/h2-11,19H,12H2,1H3. The van der Waals surface area contributed by atoms with Gasteiger partial charge < -0.3 is 4.74 Å². The quantitative estimate of drug-likeness (QED) is 0.572. The molecule has 0 aliphatic carbocycles. The second-order valence-electron chi connectivity index (χ2n) is 5.06. The summed E-state index contributed by atoms with van der Waals surface area (Å²) in [6.45, 7) is 0. The lowest BCUT2D eigenvalue weighted by Crippen LogP contribution is -2.20. The number of esters is 1. The molecule has 3 aromatic rings. The Kier molecular flexibility index (Phi) is 4.86. The van der Waals surface area contributed by atoms with Crippen LogP contribution in [-0.4, -0.2) is 22.9 Å². The average molecular weight is 340 g/mol. The van der Waals surface area contributed by atoms with Gasteiger partial charge >= 0.3 is 5.97 Å². The highest BCUT2D eigenvalue weighted by Gasteiger charge is 2.22. The van der Waals surface area contributed by atoms with Crippen LogP contribution >= 0.6 is 11.8 Å². The number of hydrogen-bond donors (Lipinski definition) is 1. The van der Waals surface area contributed by atoms with Crippen molar-refractivity contribution >= 4 is 17.7 Å². The number of aromatic amines is 1. The number of methoxy groups -OCH3 is 1. The fourth-order valence-electron chi connectivity index (χ4n) is 2.29. The van der Waals surface area contributed by atoms with Crippen LogP contribution in [0.5, 0.6) is 0 Å². The molecule has 0 atom stereocenters. The molecule has 0 bridgehead atoms. The van der Waals surface area contributed by atoms with E-state index < -0.39 is 11.5 Å². The van der Waals surface area contributed by atoms with Crippen LogP contribution in [0.15, 0.2) is 70.5 Å². The van der Waals surface area contributed by atoms with Crippen molar-refractivity contribution in [2.45, 2.75) is 10.8 Å². The molecule has 5 nitrogen and oxygen atoms in total. The molecule has 0 saturated heterocycles. The molecule has 122 valence electrons. The maximum Gasteiger partial charge on any atom is 0.346 e. The van der Waals surface area contributed by atoms with Crippen LogP contribution in [-0.2, 0) is 10.5 Å². The Balaban J connectivity index is 1.98. The molecule has 0 radical (unpaired) electrons. The van der Waals surface area contributed by atoms with E-state index in [1.165, 1.54) is 23.6 Å². The average Bonchev–Trinajstić information content (AvgIpc) is 2.97. The van der Waals surface area contributed by atoms with Gasteiger partial charge in [0.05, 0.1) is 12.8 Å². The Bertz CT molecular complexity index is 886. The number of benzene rings is 2. The molecule has 0 unspecified atom stereocenters. The molecule has 3 rings (SSSR count). The minimum absolute atomic E-state index is 0.0299. The molecule has 0 spiro atoms. The zero-order valence-corrected chi connectivity index (χ0v) is 13.9. The van der Waals surface area contributed by atoms with E-state index in [0.717, 1.165) is 5.56 Å². The van der Waals surface area contributed by atoms with Gasteiger partial charge in [-0.05, 0) is 17.7 Å². The summed E-state index contributed by atoms with van der Waals surface area (Å²) in [5.41, 5.74) is 1.39. The van der Waals surface area contributed by atoms with E-state index in [1.807, 2.05) is 48.5 Å². The van der Waals surface area contributed by atoms with Gasteiger partial charge in [-0.2, -0.15) is 0 Å². The Morgan fingerprint density at radius 2 is 1.71 bits per heavy atom. The van der Waals surface area contributed by atoms with Crippen molar-refractivity contribution in [1.82, 2.24) is 9.78 Å². The highest BCUT2D eigenvalue weighted by molar-refractivity contribution is 7.98. The molecule has 0 fully saturated rings. The third-order valence-corrected chi connectivity index (χ3v) is 4.55. The zero-order valence-electron chi connectivity index (χ0n) is 13.1. The maximum absolute atomic E-state index is 12.6. The second-order valence-corrected chi connectivity index (χ2v) is 6.04. The molecule has 0 saturated carbocycles. The molecule has 2 aromatic carbocycles. The number of carbonyl (C=O) groups excluding carboxylic acids is 1. The van der Waals surface area contributed by atoms with E-state index in [2.05, 4.69) is 5.10 Å². The number of aromatic nitrogens is 2. The monoisotopic (exact) mass is 340 g/mol. The smallest absolute Gasteiger partial charge is 0.346 e. The SMILES string of the molecule is COC(=O)c1c(SCc2ccccc2)[nH]n(-c2ccccc2)c1=O. The van der Waals surface area contributed by atoms with Crippen LogP contribution in [0, 0.1) is 0 Å². The number of nitrogens with one attached hydrogen (secondary N) is 1. The lowest BCUT2D eigenvalue weighted by molar-refractivity contribution is 0.0595. The Hall–Kier alpha value is -2.73. The lowest BCUT2D eigenvalue weighted by Gasteiger charge is -2.02. The fourth-order valence-corrected chi connectivity index (χ4v) is 3.27. The predicted molar refractivity (Wildman–Crippen MR) is 93.7 cm³/mol. The van der Waals surface area contributed by atoms with Gasteiger partial charge in [-0.1, -0.05) is 48.5 Å². The summed E-state index contributed by atoms with van der Waals surface area (Å²) in [4.78, 5) is 24.7. The summed E-state index contributed by atoms with van der Waals surface area (Å²) in [6, 6.07) is 19.0. The summed E-state index contributed by atoms with van der Waals surface area (Å²) in [5, 5.41) is 3.52. The van der Waals surface area contributed by atoms with Gasteiger partial charge in [0, 0.05) is 5.75 Å². The molecule has 1 N–H and O–H groups in total. The normalized spacial score (nSPS) is 10.5. The zero-order chi connectivity index (χ0) is 16.9. The number of ether oxygens (including phenoxy) is 1. The molecule has 1 aromatic heterocycles. The first-order chi connectivity index (χ1) is 11.7. The van der Waals surface area contributed by atoms with Crippen LogP contribution in [0.25, 0.3) is 5.69 Å². The first kappa shape index (κ1) is 16.1. The topological polar surface area (TPSA) is 64.1 Å². The summed E-state index contributed by atoms with van der Waals surface area (Å²) in [7, 11) is 1.27. The van der Waals surface area contributed by atoms with E-state index in [-0.39, 0.29) is 5.56 Å². The van der Waals surface area contributed by atoms with Gasteiger partial charge in [0.25, 0.3) is 5.56 Å². The van der Waals surface area contributed by atoms with Gasteiger partial charge in [-0.25, -0.2) is 9.48 Å². The predicted octanol–water partition coefficient (Wildman–Crippen LogP) is 3.24. The van der Waals surface area contributed by atoms with Crippen molar-refractivity contribution in [2.24, 2.45) is 0 Å². The first-order valence-electron chi connectivity index (χ1n) is 7.36. The van der Waals surface area contributed by atoms with Crippen LogP contribution in [0.4, 0.5) is 0 Å². The van der Waals surface area contributed by atoms with Gasteiger partial charge in [0.1, 0.15) is 5.03 Å². The van der Waals surface area contributed by atoms with Crippen LogP contribution in [0.2, 0.25) is 0 Å². The van der Waals surface area contributed by atoms with Crippen LogP contribution < -0.4 is 5.56 Å². The molecular weight excluding hydrogens is 324 g/mol. The van der Waals surface area contributed by atoms with Crippen molar-refractivity contribution in [3.05, 3.63) is 82.1 Å². The molecule has 6 heteroatoms. The van der Waals surface area contributed by atoms with Gasteiger partial charge in [-0.15, -0.1) is 11.8 Å². The van der Waals surface area contributed by atoms with Crippen molar-refractivity contribution < 1.29 is 9.53 Å². The van der Waals surface area contributed by atoms with Crippen molar-refractivity contribution in [3.63, 3.8) is 0 Å². The molecule has 0 aliphatic heterocycles. The van der Waals surface area contributed by atoms with Crippen molar-refractivity contribution in [3.8, 4) is 5.69 Å². The van der Waals surface area contributed by atoms with E-state index in [0.29, 0.717) is 16.5 Å². The number of nitrogens with zero attached hydrogens (tertiary/aromatic N) is 1. The summed E-state index contributed by atoms with van der Waals surface area (Å²) >= 11 is 1.40. The summed E-state index contributed by atoms with van der Waals surface area (Å²) in [6.07, 6.45) is 0. The van der Waals surface area contributed by atoms with E-state index >= 15 is 0 Å². The molecule has 0 amide bonds. The Morgan fingerprint density at radius 1 is 1.08 bits per heavy atom. The summed E-state index contributed by atoms with van der Waals surface area (Å²) in [5.74, 6) is 0.000963. The number of hydrogen-bond acceptors (Lipinski definition) is 4. The maximum atomic E-state index is 12.6. The minimum atomic E-state index is -0.638. The van der Waals surface area contributed by atoms with E-state index in [1.54, 1.807) is 12.1 Å².